The van der Waals surface area contributed by atoms with Crippen molar-refractivity contribution in [1.82, 2.24) is 0 Å². The minimum Gasteiger partial charge on any atom is -0.508 e. The second-order valence-corrected chi connectivity index (χ2v) is 6.47. The third-order valence-electron chi connectivity index (χ3n) is 4.52. The molecule has 1 atom stereocenters. The van der Waals surface area contributed by atoms with Gasteiger partial charge in [0.2, 0.25) is 0 Å². The Morgan fingerprint density at radius 2 is 1.85 bits per heavy atom. The Hall–Kier alpha value is -3.54. The van der Waals surface area contributed by atoms with Gasteiger partial charge >= 0.3 is 5.63 Å². The molecule has 6 nitrogen and oxygen atoms in total. The van der Waals surface area contributed by atoms with Gasteiger partial charge in [-0.05, 0) is 36.8 Å². The van der Waals surface area contributed by atoms with E-state index in [0.717, 1.165) is 11.3 Å². The second-order valence-electron chi connectivity index (χ2n) is 6.47. The third-order valence-corrected chi connectivity index (χ3v) is 4.52. The number of phenolic OH excluding ortho intramolecular Hbond substituents is 1. The van der Waals surface area contributed by atoms with Gasteiger partial charge in [-0.1, -0.05) is 24.3 Å². The summed E-state index contributed by atoms with van der Waals surface area (Å²) in [5, 5.41) is 23.4. The summed E-state index contributed by atoms with van der Waals surface area (Å²) in [7, 11) is 0. The van der Waals surface area contributed by atoms with E-state index >= 15 is 0 Å². The van der Waals surface area contributed by atoms with Crippen molar-refractivity contribution in [2.24, 2.45) is 4.99 Å². The number of aromatic hydroxyl groups is 2. The Morgan fingerprint density at radius 3 is 2.59 bits per heavy atom. The van der Waals surface area contributed by atoms with E-state index in [4.69, 9.17) is 4.42 Å². The average molecular weight is 362 g/mol. The zero-order chi connectivity index (χ0) is 19.0. The van der Waals surface area contributed by atoms with Crippen molar-refractivity contribution in [3.05, 3.63) is 81.9 Å². The van der Waals surface area contributed by atoms with Crippen LogP contribution in [0.3, 0.4) is 0 Å². The predicted octanol–water partition coefficient (Wildman–Crippen LogP) is 4.04. The van der Waals surface area contributed by atoms with Crippen LogP contribution in [0, 0.1) is 6.92 Å². The number of anilines is 1. The molecule has 0 fully saturated rings. The summed E-state index contributed by atoms with van der Waals surface area (Å²) >= 11 is 0. The zero-order valence-electron chi connectivity index (χ0n) is 14.6. The molecule has 6 heteroatoms. The van der Waals surface area contributed by atoms with Crippen LogP contribution in [0.25, 0.3) is 0 Å². The first-order valence-electron chi connectivity index (χ1n) is 8.57. The van der Waals surface area contributed by atoms with E-state index in [1.165, 1.54) is 6.07 Å². The average Bonchev–Trinajstić information content (AvgIpc) is 2.81. The molecule has 0 saturated heterocycles. The van der Waals surface area contributed by atoms with Crippen LogP contribution in [0.2, 0.25) is 0 Å². The van der Waals surface area contributed by atoms with Gasteiger partial charge in [-0.3, -0.25) is 4.99 Å². The number of rotatable bonds is 2. The fourth-order valence-electron chi connectivity index (χ4n) is 3.24. The smallest absolute Gasteiger partial charge is 0.348 e. The first-order valence-corrected chi connectivity index (χ1v) is 8.57. The molecule has 4 rings (SSSR count). The highest BCUT2D eigenvalue weighted by Gasteiger charge is 2.25. The lowest BCUT2D eigenvalue weighted by Gasteiger charge is -2.19. The lowest BCUT2D eigenvalue weighted by molar-refractivity contribution is 0.432. The van der Waals surface area contributed by atoms with E-state index in [9.17, 15) is 15.0 Å². The molecule has 2 heterocycles. The predicted molar refractivity (Wildman–Crippen MR) is 103 cm³/mol. The number of aryl methyl sites for hydroxylation is 1. The fourth-order valence-corrected chi connectivity index (χ4v) is 3.24. The van der Waals surface area contributed by atoms with Crippen molar-refractivity contribution in [3.63, 3.8) is 0 Å². The van der Waals surface area contributed by atoms with Crippen LogP contribution in [-0.2, 0) is 0 Å². The SMILES string of the molecule is Cc1cc(O)c(C2=Nc3ccccc3N[C@@H](c3ccc(O)cc3)C2)c(=O)o1. The zero-order valence-corrected chi connectivity index (χ0v) is 14.6. The highest BCUT2D eigenvalue weighted by atomic mass is 16.4. The molecule has 27 heavy (non-hydrogen) atoms. The number of benzene rings is 2. The van der Waals surface area contributed by atoms with E-state index < -0.39 is 5.63 Å². The van der Waals surface area contributed by atoms with Crippen molar-refractivity contribution in [1.29, 1.82) is 0 Å². The summed E-state index contributed by atoms with van der Waals surface area (Å²) in [4.78, 5) is 17.0. The Bertz CT molecular complexity index is 1080. The van der Waals surface area contributed by atoms with Crippen LogP contribution in [0.1, 0.15) is 29.3 Å². The fraction of sp³-hybridized carbons (Fsp3) is 0.143. The highest BCUT2D eigenvalue weighted by molar-refractivity contribution is 6.05. The molecule has 1 aromatic heterocycles. The van der Waals surface area contributed by atoms with Crippen LogP contribution in [-0.4, -0.2) is 15.9 Å². The van der Waals surface area contributed by atoms with E-state index in [2.05, 4.69) is 10.3 Å². The van der Waals surface area contributed by atoms with Crippen molar-refractivity contribution in [2.75, 3.05) is 5.32 Å². The van der Waals surface area contributed by atoms with Gasteiger partial charge in [-0.2, -0.15) is 0 Å². The third kappa shape index (κ3) is 3.29. The second kappa shape index (κ2) is 6.64. The minimum absolute atomic E-state index is 0.0721. The van der Waals surface area contributed by atoms with Gasteiger partial charge in [0.1, 0.15) is 22.8 Å². The van der Waals surface area contributed by atoms with Gasteiger partial charge in [0.25, 0.3) is 0 Å². The molecule has 0 unspecified atom stereocenters. The molecule has 2 aromatic carbocycles. The summed E-state index contributed by atoms with van der Waals surface area (Å²) in [5.74, 6) is 0.369. The number of hydrogen-bond donors (Lipinski definition) is 3. The number of nitrogens with zero attached hydrogens (tertiary/aromatic N) is 1. The van der Waals surface area contributed by atoms with E-state index in [1.807, 2.05) is 36.4 Å². The van der Waals surface area contributed by atoms with Gasteiger partial charge < -0.3 is 19.9 Å². The summed E-state index contributed by atoms with van der Waals surface area (Å²) in [6, 6.07) is 15.6. The molecule has 0 amide bonds. The van der Waals surface area contributed by atoms with E-state index in [0.29, 0.717) is 23.6 Å². The molecule has 0 aliphatic carbocycles. The summed E-state index contributed by atoms with van der Waals surface area (Å²) in [6.45, 7) is 1.61. The molecular weight excluding hydrogens is 344 g/mol. The molecule has 1 aliphatic heterocycles. The topological polar surface area (TPSA) is 95.1 Å². The van der Waals surface area contributed by atoms with Crippen LogP contribution >= 0.6 is 0 Å². The lowest BCUT2D eigenvalue weighted by atomic mass is 9.97. The maximum Gasteiger partial charge on any atom is 0.348 e. The van der Waals surface area contributed by atoms with Crippen LogP contribution in [0.15, 0.2) is 68.8 Å². The van der Waals surface area contributed by atoms with Gasteiger partial charge in [0.15, 0.2) is 0 Å². The van der Waals surface area contributed by atoms with Crippen molar-refractivity contribution in [2.45, 2.75) is 19.4 Å². The summed E-state index contributed by atoms with van der Waals surface area (Å²) in [6.07, 6.45) is 0.362. The molecule has 0 saturated carbocycles. The monoisotopic (exact) mass is 362 g/mol. The number of aliphatic imine (C=N–C) groups is 1. The van der Waals surface area contributed by atoms with Gasteiger partial charge in [-0.25, -0.2) is 4.79 Å². The minimum atomic E-state index is -0.616. The molecule has 3 aromatic rings. The molecule has 0 radical (unpaired) electrons. The highest BCUT2D eigenvalue weighted by Crippen LogP contribution is 2.36. The molecule has 0 spiro atoms. The lowest BCUT2D eigenvalue weighted by Crippen LogP contribution is -2.19. The van der Waals surface area contributed by atoms with Crippen molar-refractivity contribution in [3.8, 4) is 11.5 Å². The number of para-hydroxylation sites is 2. The maximum absolute atomic E-state index is 12.4. The standard InChI is InChI=1S/C21H18N2O4/c1-12-10-19(25)20(21(26)27-12)18-11-17(13-6-8-14(24)9-7-13)22-15-4-2-3-5-16(15)23-18/h2-10,17,22,24-25H,11H2,1H3/t17-/m1/s1. The van der Waals surface area contributed by atoms with Crippen LogP contribution in [0.4, 0.5) is 11.4 Å². The number of phenols is 1. The molecule has 0 bridgehead atoms. The molecule has 136 valence electrons. The van der Waals surface area contributed by atoms with Crippen LogP contribution in [0.5, 0.6) is 11.5 Å². The maximum atomic E-state index is 12.4. The summed E-state index contributed by atoms with van der Waals surface area (Å²) in [5.41, 5.74) is 2.32. The first kappa shape index (κ1) is 16.9. The van der Waals surface area contributed by atoms with E-state index in [1.54, 1.807) is 19.1 Å². The normalized spacial score (nSPS) is 16.0. The van der Waals surface area contributed by atoms with Gasteiger partial charge in [0.05, 0.1) is 23.1 Å². The van der Waals surface area contributed by atoms with Crippen molar-refractivity contribution < 1.29 is 14.6 Å². The molecule has 1 aliphatic rings. The Morgan fingerprint density at radius 1 is 1.11 bits per heavy atom. The van der Waals surface area contributed by atoms with Gasteiger partial charge in [0, 0.05) is 12.5 Å². The molecule has 3 N–H and O–H groups in total. The Labute approximate surface area is 155 Å². The van der Waals surface area contributed by atoms with Gasteiger partial charge in [-0.15, -0.1) is 0 Å². The van der Waals surface area contributed by atoms with Crippen LogP contribution < -0.4 is 10.9 Å². The quantitative estimate of drug-likeness (QED) is 0.639. The van der Waals surface area contributed by atoms with E-state index in [-0.39, 0.29) is 23.1 Å². The summed E-state index contributed by atoms with van der Waals surface area (Å²) < 4.78 is 5.18. The molecular formula is C21H18N2O4. The Balaban J connectivity index is 1.86. The number of fused-ring (bicyclic) bond motifs is 1. The Kier molecular flexibility index (Phi) is 4.16. The first-order chi connectivity index (χ1) is 13.0. The number of nitrogens with one attached hydrogen (secondary N) is 1. The number of hydrogen-bond acceptors (Lipinski definition) is 6. The largest absolute Gasteiger partial charge is 0.508 e. The van der Waals surface area contributed by atoms with Crippen molar-refractivity contribution >= 4 is 17.1 Å².